The summed E-state index contributed by atoms with van der Waals surface area (Å²) >= 11 is 0. The predicted octanol–water partition coefficient (Wildman–Crippen LogP) is 3.01. The number of para-hydroxylation sites is 1. The number of aromatic nitrogens is 3. The molecule has 1 N–H and O–H groups in total. The summed E-state index contributed by atoms with van der Waals surface area (Å²) in [6.45, 7) is 1.35. The van der Waals surface area contributed by atoms with Crippen molar-refractivity contribution in [2.45, 2.75) is 24.4 Å². The molecule has 0 atom stereocenters. The molecule has 34 heavy (non-hydrogen) atoms. The van der Waals surface area contributed by atoms with Gasteiger partial charge >= 0.3 is 0 Å². The van der Waals surface area contributed by atoms with E-state index in [9.17, 15) is 13.2 Å². The van der Waals surface area contributed by atoms with E-state index in [1.54, 1.807) is 23.1 Å². The van der Waals surface area contributed by atoms with Gasteiger partial charge < -0.3 is 5.32 Å². The molecule has 1 aliphatic rings. The summed E-state index contributed by atoms with van der Waals surface area (Å²) in [7, 11) is -3.76. The number of sulfonamides is 1. The molecule has 1 amide bonds. The molecular formula is C25H23N5O3S. The Labute approximate surface area is 197 Å². The van der Waals surface area contributed by atoms with E-state index in [1.807, 2.05) is 48.5 Å². The van der Waals surface area contributed by atoms with E-state index in [2.05, 4.69) is 15.4 Å². The second kappa shape index (κ2) is 9.11. The van der Waals surface area contributed by atoms with Crippen LogP contribution in [-0.2, 0) is 29.5 Å². The molecule has 0 aliphatic carbocycles. The number of hydrogen-bond donors (Lipinski definition) is 1. The molecule has 1 aliphatic heterocycles. The minimum Gasteiger partial charge on any atom is -0.348 e. The number of rotatable bonds is 7. The molecule has 172 valence electrons. The third kappa shape index (κ3) is 4.42. The zero-order chi connectivity index (χ0) is 23.5. The Kier molecular flexibility index (Phi) is 5.85. The summed E-state index contributed by atoms with van der Waals surface area (Å²) in [5.41, 5.74) is 4.02. The van der Waals surface area contributed by atoms with Crippen molar-refractivity contribution < 1.29 is 13.2 Å². The fraction of sp³-hybridized carbons (Fsp3) is 0.160. The quantitative estimate of drug-likeness (QED) is 0.445. The Morgan fingerprint density at radius 1 is 0.971 bits per heavy atom. The SMILES string of the molecule is O=C(NCc1ccc(Cn2cncn2)cc1)c1cccc(S(=O)(=O)N2CCc3ccccc32)c1. The highest BCUT2D eigenvalue weighted by Gasteiger charge is 2.30. The van der Waals surface area contributed by atoms with Crippen molar-refractivity contribution in [1.82, 2.24) is 20.1 Å². The van der Waals surface area contributed by atoms with Gasteiger partial charge in [0.1, 0.15) is 12.7 Å². The first-order chi connectivity index (χ1) is 16.5. The minimum absolute atomic E-state index is 0.106. The van der Waals surface area contributed by atoms with Gasteiger partial charge in [-0.05, 0) is 47.4 Å². The van der Waals surface area contributed by atoms with E-state index in [0.29, 0.717) is 37.3 Å². The van der Waals surface area contributed by atoms with Crippen LogP contribution in [0, 0.1) is 0 Å². The average Bonchev–Trinajstić information content (AvgIpc) is 3.54. The Hall–Kier alpha value is -3.98. The molecule has 8 nitrogen and oxygen atoms in total. The minimum atomic E-state index is -3.76. The molecule has 0 spiro atoms. The molecule has 5 rings (SSSR count). The number of amides is 1. The first kappa shape index (κ1) is 21.8. The number of carbonyl (C=O) groups excluding carboxylic acids is 1. The van der Waals surface area contributed by atoms with Crippen LogP contribution in [0.15, 0.2) is 90.3 Å². The normalized spacial score (nSPS) is 13.0. The summed E-state index contributed by atoms with van der Waals surface area (Å²) in [5, 5.41) is 6.96. The van der Waals surface area contributed by atoms with Gasteiger partial charge in [0.05, 0.1) is 17.1 Å². The lowest BCUT2D eigenvalue weighted by atomic mass is 10.1. The number of anilines is 1. The lowest BCUT2D eigenvalue weighted by molar-refractivity contribution is 0.0950. The van der Waals surface area contributed by atoms with E-state index in [1.165, 1.54) is 22.8 Å². The molecule has 0 bridgehead atoms. The topological polar surface area (TPSA) is 97.2 Å². The number of nitrogens with zero attached hydrogens (tertiary/aromatic N) is 4. The smallest absolute Gasteiger partial charge is 0.264 e. The Bertz CT molecular complexity index is 1420. The van der Waals surface area contributed by atoms with Crippen LogP contribution in [0.5, 0.6) is 0 Å². The van der Waals surface area contributed by atoms with E-state index in [-0.39, 0.29) is 10.8 Å². The van der Waals surface area contributed by atoms with Crippen molar-refractivity contribution in [2.24, 2.45) is 0 Å². The molecule has 0 radical (unpaired) electrons. The molecule has 1 aromatic heterocycles. The largest absolute Gasteiger partial charge is 0.348 e. The zero-order valence-electron chi connectivity index (χ0n) is 18.3. The lowest BCUT2D eigenvalue weighted by Crippen LogP contribution is -2.29. The van der Waals surface area contributed by atoms with Crippen LogP contribution >= 0.6 is 0 Å². The van der Waals surface area contributed by atoms with Crippen LogP contribution in [-0.4, -0.2) is 35.6 Å². The number of nitrogens with one attached hydrogen (secondary N) is 1. The van der Waals surface area contributed by atoms with Gasteiger partial charge in [-0.25, -0.2) is 18.1 Å². The Morgan fingerprint density at radius 2 is 1.76 bits per heavy atom. The van der Waals surface area contributed by atoms with Gasteiger partial charge in [-0.1, -0.05) is 48.5 Å². The highest BCUT2D eigenvalue weighted by Crippen LogP contribution is 2.32. The maximum absolute atomic E-state index is 13.3. The van der Waals surface area contributed by atoms with Gasteiger partial charge in [0.25, 0.3) is 15.9 Å². The van der Waals surface area contributed by atoms with Crippen molar-refractivity contribution in [3.05, 3.63) is 108 Å². The predicted molar refractivity (Wildman–Crippen MR) is 128 cm³/mol. The number of benzene rings is 3. The van der Waals surface area contributed by atoms with Crippen molar-refractivity contribution in [2.75, 3.05) is 10.8 Å². The maximum Gasteiger partial charge on any atom is 0.264 e. The van der Waals surface area contributed by atoms with Crippen molar-refractivity contribution >= 4 is 21.6 Å². The Balaban J connectivity index is 1.26. The zero-order valence-corrected chi connectivity index (χ0v) is 19.1. The number of hydrogen-bond acceptors (Lipinski definition) is 5. The summed E-state index contributed by atoms with van der Waals surface area (Å²) < 4.78 is 29.7. The Morgan fingerprint density at radius 3 is 2.56 bits per heavy atom. The monoisotopic (exact) mass is 473 g/mol. The molecule has 0 fully saturated rings. The first-order valence-electron chi connectivity index (χ1n) is 10.9. The average molecular weight is 474 g/mol. The van der Waals surface area contributed by atoms with Crippen LogP contribution in [0.25, 0.3) is 0 Å². The van der Waals surface area contributed by atoms with Crippen LogP contribution in [0.2, 0.25) is 0 Å². The van der Waals surface area contributed by atoms with Gasteiger partial charge in [-0.2, -0.15) is 5.10 Å². The first-order valence-corrected chi connectivity index (χ1v) is 12.3. The number of carbonyl (C=O) groups is 1. The summed E-state index contributed by atoms with van der Waals surface area (Å²) in [6, 6.07) is 21.5. The van der Waals surface area contributed by atoms with E-state index in [0.717, 1.165) is 16.7 Å². The third-order valence-electron chi connectivity index (χ3n) is 5.82. The maximum atomic E-state index is 13.3. The van der Waals surface area contributed by atoms with Crippen LogP contribution < -0.4 is 9.62 Å². The highest BCUT2D eigenvalue weighted by atomic mass is 32.2. The van der Waals surface area contributed by atoms with Crippen molar-refractivity contribution in [3.8, 4) is 0 Å². The second-order valence-electron chi connectivity index (χ2n) is 8.08. The molecule has 4 aromatic rings. The van der Waals surface area contributed by atoms with Gasteiger partial charge in [-0.3, -0.25) is 9.10 Å². The van der Waals surface area contributed by atoms with Crippen molar-refractivity contribution in [1.29, 1.82) is 0 Å². The summed E-state index contributed by atoms with van der Waals surface area (Å²) in [5.74, 6) is -0.328. The van der Waals surface area contributed by atoms with Crippen LogP contribution in [0.1, 0.15) is 27.0 Å². The van der Waals surface area contributed by atoms with Gasteiger partial charge in [0.2, 0.25) is 0 Å². The van der Waals surface area contributed by atoms with Gasteiger partial charge in [-0.15, -0.1) is 0 Å². The van der Waals surface area contributed by atoms with Gasteiger partial charge in [0, 0.05) is 18.7 Å². The number of fused-ring (bicyclic) bond motifs is 1. The lowest BCUT2D eigenvalue weighted by Gasteiger charge is -2.20. The van der Waals surface area contributed by atoms with E-state index in [4.69, 9.17) is 0 Å². The second-order valence-corrected chi connectivity index (χ2v) is 9.94. The van der Waals surface area contributed by atoms with Crippen LogP contribution in [0.3, 0.4) is 0 Å². The van der Waals surface area contributed by atoms with E-state index < -0.39 is 10.0 Å². The highest BCUT2D eigenvalue weighted by molar-refractivity contribution is 7.92. The summed E-state index contributed by atoms with van der Waals surface area (Å²) in [4.78, 5) is 16.8. The molecule has 0 saturated heterocycles. The fourth-order valence-electron chi connectivity index (χ4n) is 4.03. The van der Waals surface area contributed by atoms with E-state index >= 15 is 0 Å². The molecule has 0 unspecified atom stereocenters. The molecule has 3 aromatic carbocycles. The molecule has 2 heterocycles. The van der Waals surface area contributed by atoms with Crippen molar-refractivity contribution in [3.63, 3.8) is 0 Å². The molecule has 0 saturated carbocycles. The summed E-state index contributed by atoms with van der Waals surface area (Å²) in [6.07, 6.45) is 3.83. The molecule has 9 heteroatoms. The fourth-order valence-corrected chi connectivity index (χ4v) is 5.58. The molecular weight excluding hydrogens is 450 g/mol. The van der Waals surface area contributed by atoms with Gasteiger partial charge in [0.15, 0.2) is 0 Å². The third-order valence-corrected chi connectivity index (χ3v) is 7.63. The standard InChI is InChI=1S/C25H23N5O3S/c31-25(27-15-19-8-10-20(11-9-19)16-29-18-26-17-28-29)22-5-3-6-23(14-22)34(32,33)30-13-12-21-4-1-2-7-24(21)30/h1-11,14,17-18H,12-13,15-16H2,(H,27,31). The van der Waals surface area contributed by atoms with Crippen LogP contribution in [0.4, 0.5) is 5.69 Å².